The lowest BCUT2D eigenvalue weighted by atomic mass is 11.0. The molecular weight excluding hydrogens is 283 g/mol. The average molecular weight is 299 g/mol. The number of hydrogen-bond donors (Lipinski definition) is 7. The van der Waals surface area contributed by atoms with E-state index in [1.54, 1.807) is 0 Å². The first-order valence-electron chi connectivity index (χ1n) is 3.93. The van der Waals surface area contributed by atoms with E-state index in [4.69, 9.17) is 34.3 Å². The van der Waals surface area contributed by atoms with E-state index in [0.29, 0.717) is 4.90 Å². The summed E-state index contributed by atoms with van der Waals surface area (Å²) < 4.78 is 10.7. The van der Waals surface area contributed by atoms with Gasteiger partial charge in [-0.25, -0.2) is 14.7 Å². The Kier molecular flexibility index (Phi) is 5.88. The molecule has 0 unspecified atom stereocenters. The van der Waals surface area contributed by atoms with Crippen LogP contribution in [0.4, 0.5) is 0 Å². The highest BCUT2D eigenvalue weighted by molar-refractivity contribution is 7.64. The van der Waals surface area contributed by atoms with Crippen LogP contribution in [0, 0.1) is 0 Å². The molecule has 0 heterocycles. The van der Waals surface area contributed by atoms with Crippen molar-refractivity contribution in [2.75, 3.05) is 25.5 Å². The van der Waals surface area contributed by atoms with Crippen LogP contribution in [-0.2, 0) is 4.57 Å². The molecule has 0 aromatic rings. The van der Waals surface area contributed by atoms with Crippen LogP contribution in [0.3, 0.4) is 0 Å². The maximum Gasteiger partial charge on any atom is 0.419 e. The third-order valence-corrected chi connectivity index (χ3v) is 3.73. The first-order valence-corrected chi connectivity index (χ1v) is 9.88. The summed E-state index contributed by atoms with van der Waals surface area (Å²) in [5.74, 6) is 0. The quantitative estimate of drug-likeness (QED) is 0.290. The SMILES string of the molecule is C[P+](O)(O)CN(CP(=O)(O)O)C[P+](O)(O)O. The van der Waals surface area contributed by atoms with E-state index in [1.807, 2.05) is 0 Å². The molecular formula is C4H16NO8P3+2. The van der Waals surface area contributed by atoms with E-state index in [2.05, 4.69) is 0 Å². The van der Waals surface area contributed by atoms with Gasteiger partial charge >= 0.3 is 15.5 Å². The lowest BCUT2D eigenvalue weighted by Crippen LogP contribution is -2.29. The van der Waals surface area contributed by atoms with Crippen molar-refractivity contribution in [3.63, 3.8) is 0 Å². The van der Waals surface area contributed by atoms with Gasteiger partial charge in [-0.1, -0.05) is 0 Å². The van der Waals surface area contributed by atoms with Crippen molar-refractivity contribution in [3.05, 3.63) is 0 Å². The van der Waals surface area contributed by atoms with Gasteiger partial charge in [-0.05, 0) is 0 Å². The molecule has 9 nitrogen and oxygen atoms in total. The third-order valence-electron chi connectivity index (χ3n) is 1.24. The normalized spacial score (nSPS) is 14.6. The Hall–Kier alpha value is 0.770. The molecule has 0 saturated heterocycles. The summed E-state index contributed by atoms with van der Waals surface area (Å²) in [5.41, 5.74) is 0. The molecule has 0 aliphatic carbocycles. The van der Waals surface area contributed by atoms with Crippen LogP contribution in [-0.4, -0.2) is 64.7 Å². The van der Waals surface area contributed by atoms with Gasteiger partial charge in [0, 0.05) is 0 Å². The maximum absolute atomic E-state index is 10.7. The van der Waals surface area contributed by atoms with Crippen molar-refractivity contribution >= 4 is 23.3 Å². The van der Waals surface area contributed by atoms with Crippen LogP contribution in [0.25, 0.3) is 0 Å². The Morgan fingerprint density at radius 2 is 1.50 bits per heavy atom. The number of nitrogens with zero attached hydrogens (tertiary/aromatic N) is 1. The summed E-state index contributed by atoms with van der Waals surface area (Å²) in [6.07, 6.45) is -2.26. The van der Waals surface area contributed by atoms with E-state index in [-0.39, 0.29) is 0 Å². The zero-order valence-electron chi connectivity index (χ0n) is 8.45. The Morgan fingerprint density at radius 3 is 1.75 bits per heavy atom. The van der Waals surface area contributed by atoms with Crippen LogP contribution in [0.15, 0.2) is 0 Å². The molecule has 0 fully saturated rings. The predicted molar refractivity (Wildman–Crippen MR) is 59.3 cm³/mol. The molecule has 0 bridgehead atoms. The number of rotatable bonds is 6. The Labute approximate surface area is 93.2 Å². The molecule has 0 radical (unpaired) electrons. The molecule has 0 aromatic carbocycles. The zero-order valence-corrected chi connectivity index (χ0v) is 11.1. The minimum absolute atomic E-state index is 0.540. The van der Waals surface area contributed by atoms with Gasteiger partial charge in [-0.3, -0.25) is 4.57 Å². The first-order chi connectivity index (χ1) is 6.79. The van der Waals surface area contributed by atoms with Crippen molar-refractivity contribution in [2.24, 2.45) is 0 Å². The highest BCUT2D eigenvalue weighted by atomic mass is 31.2. The standard InChI is InChI=1S/C4H14NO8P3/c1-14(6,7)2-5(3-15(8,9)10)4-16(11,12)13/h6-10H,2-4H2,1H3/p+2. The predicted octanol–water partition coefficient (Wildman–Crippen LogP) is -1.46. The first kappa shape index (κ1) is 16.8. The molecule has 7 N–H and O–H groups in total. The fourth-order valence-corrected chi connectivity index (χ4v) is 3.93. The average Bonchev–Trinajstić information content (AvgIpc) is 1.70. The molecule has 0 aliphatic heterocycles. The van der Waals surface area contributed by atoms with Crippen molar-refractivity contribution in [3.8, 4) is 0 Å². The third kappa shape index (κ3) is 11.3. The molecule has 0 rings (SSSR count). The minimum atomic E-state index is -4.49. The van der Waals surface area contributed by atoms with Crippen LogP contribution < -0.4 is 0 Å². The summed E-state index contributed by atoms with van der Waals surface area (Å²) in [6.45, 7) is 1.06. The van der Waals surface area contributed by atoms with Crippen LogP contribution in [0.5, 0.6) is 0 Å². The molecule has 0 aromatic heterocycles. The van der Waals surface area contributed by atoms with E-state index in [0.717, 1.165) is 6.66 Å². The van der Waals surface area contributed by atoms with E-state index in [9.17, 15) is 4.57 Å². The second kappa shape index (κ2) is 5.61. The van der Waals surface area contributed by atoms with Crippen molar-refractivity contribution in [1.82, 2.24) is 4.90 Å². The van der Waals surface area contributed by atoms with Gasteiger partial charge in [0.25, 0.3) is 7.72 Å². The Morgan fingerprint density at radius 1 is 1.06 bits per heavy atom. The van der Waals surface area contributed by atoms with Gasteiger partial charge < -0.3 is 9.79 Å². The molecule has 0 spiro atoms. The maximum atomic E-state index is 10.7. The van der Waals surface area contributed by atoms with E-state index in [1.165, 1.54) is 0 Å². The molecule has 0 aliphatic rings. The van der Waals surface area contributed by atoms with Gasteiger partial charge in [-0.15, -0.1) is 0 Å². The summed E-state index contributed by atoms with van der Waals surface area (Å²) in [6, 6.07) is 0. The van der Waals surface area contributed by atoms with Crippen LogP contribution >= 0.6 is 23.3 Å². The summed E-state index contributed by atoms with van der Waals surface area (Å²) in [7, 11) is -12.1. The lowest BCUT2D eigenvalue weighted by molar-refractivity contribution is 0.270. The lowest BCUT2D eigenvalue weighted by Gasteiger charge is -2.21. The Balaban J connectivity index is 4.59. The molecule has 98 valence electrons. The summed E-state index contributed by atoms with van der Waals surface area (Å²) in [4.78, 5) is 62.6. The molecule has 0 amide bonds. The fraction of sp³-hybridized carbons (Fsp3) is 1.00. The van der Waals surface area contributed by atoms with E-state index < -0.39 is 42.1 Å². The van der Waals surface area contributed by atoms with E-state index >= 15 is 0 Å². The van der Waals surface area contributed by atoms with Gasteiger partial charge in [0.15, 0.2) is 12.6 Å². The molecule has 16 heavy (non-hydrogen) atoms. The fourth-order valence-electron chi connectivity index (χ4n) is 1.04. The van der Waals surface area contributed by atoms with Crippen LogP contribution in [0.2, 0.25) is 0 Å². The summed E-state index contributed by atoms with van der Waals surface area (Å²) in [5, 5.41) is 0. The molecule has 12 heteroatoms. The largest absolute Gasteiger partial charge is 0.419 e. The van der Waals surface area contributed by atoms with Crippen LogP contribution in [0.1, 0.15) is 0 Å². The number of hydrogen-bond acceptors (Lipinski definition) is 7. The zero-order chi connectivity index (χ0) is 13.2. The van der Waals surface area contributed by atoms with Gasteiger partial charge in [-0.2, -0.15) is 14.7 Å². The highest BCUT2D eigenvalue weighted by Gasteiger charge is 2.41. The molecule has 0 atom stereocenters. The molecule has 0 saturated carbocycles. The second-order valence-electron chi connectivity index (χ2n) is 3.54. The monoisotopic (exact) mass is 299 g/mol. The van der Waals surface area contributed by atoms with Crippen molar-refractivity contribution in [2.45, 2.75) is 0 Å². The van der Waals surface area contributed by atoms with Crippen molar-refractivity contribution < 1.29 is 38.8 Å². The summed E-state index contributed by atoms with van der Waals surface area (Å²) >= 11 is 0. The second-order valence-corrected chi connectivity index (χ2v) is 9.28. The van der Waals surface area contributed by atoms with Gasteiger partial charge in [0.1, 0.15) is 13.0 Å². The van der Waals surface area contributed by atoms with Gasteiger partial charge in [0.2, 0.25) is 0 Å². The van der Waals surface area contributed by atoms with Gasteiger partial charge in [0.05, 0.1) is 0 Å². The smallest absolute Gasteiger partial charge is 0.324 e. The Bertz CT molecular complexity index is 249. The highest BCUT2D eigenvalue weighted by Crippen LogP contribution is 2.52. The topological polar surface area (TPSA) is 162 Å². The van der Waals surface area contributed by atoms with Crippen molar-refractivity contribution in [1.29, 1.82) is 0 Å². The minimum Gasteiger partial charge on any atom is -0.324 e.